The van der Waals surface area contributed by atoms with Crippen LogP contribution in [0.2, 0.25) is 0 Å². The molecule has 1 fully saturated rings. The maximum atomic E-state index is 10.8. The van der Waals surface area contributed by atoms with Crippen LogP contribution in [-0.4, -0.2) is 50.1 Å². The van der Waals surface area contributed by atoms with Gasteiger partial charge in [-0.3, -0.25) is 4.79 Å². The van der Waals surface area contributed by atoms with Gasteiger partial charge in [0.05, 0.1) is 0 Å². The van der Waals surface area contributed by atoms with Crippen molar-refractivity contribution in [1.82, 2.24) is 15.5 Å². The van der Waals surface area contributed by atoms with Gasteiger partial charge in [-0.25, -0.2) is 0 Å². The molecule has 0 aromatic heterocycles. The number of piperidine rings is 1. The molecule has 0 radical (unpaired) electrons. The molecule has 1 unspecified atom stereocenters. The summed E-state index contributed by atoms with van der Waals surface area (Å²) in [6, 6.07) is 0. The SMILES string of the molecule is CCCN(CCNC(C)=O)CC1CCCNC1. The molecule has 1 rings (SSSR count). The van der Waals surface area contributed by atoms with Gasteiger partial charge in [0.2, 0.25) is 5.91 Å². The number of nitrogens with zero attached hydrogens (tertiary/aromatic N) is 1. The van der Waals surface area contributed by atoms with Crippen LogP contribution in [0, 0.1) is 5.92 Å². The first kappa shape index (κ1) is 14.5. The molecule has 0 bridgehead atoms. The van der Waals surface area contributed by atoms with E-state index in [1.54, 1.807) is 6.92 Å². The number of carbonyl (C=O) groups is 1. The molecule has 0 aromatic carbocycles. The third-order valence-electron chi connectivity index (χ3n) is 3.26. The lowest BCUT2D eigenvalue weighted by molar-refractivity contribution is -0.119. The molecule has 1 heterocycles. The number of amides is 1. The molecule has 17 heavy (non-hydrogen) atoms. The minimum atomic E-state index is 0.0702. The molecule has 0 aliphatic carbocycles. The summed E-state index contributed by atoms with van der Waals surface area (Å²) in [4.78, 5) is 13.3. The first-order chi connectivity index (χ1) is 8.22. The zero-order valence-electron chi connectivity index (χ0n) is 11.3. The molecule has 1 amide bonds. The Hall–Kier alpha value is -0.610. The summed E-state index contributed by atoms with van der Waals surface area (Å²) in [6.07, 6.45) is 3.82. The van der Waals surface area contributed by atoms with Crippen LogP contribution in [0.5, 0.6) is 0 Å². The average molecular weight is 241 g/mol. The van der Waals surface area contributed by atoms with Crippen molar-refractivity contribution < 1.29 is 4.79 Å². The van der Waals surface area contributed by atoms with E-state index in [4.69, 9.17) is 0 Å². The quantitative estimate of drug-likeness (QED) is 0.694. The Balaban J connectivity index is 2.23. The summed E-state index contributed by atoms with van der Waals surface area (Å²) in [5, 5.41) is 6.34. The minimum Gasteiger partial charge on any atom is -0.355 e. The smallest absolute Gasteiger partial charge is 0.216 e. The summed E-state index contributed by atoms with van der Waals surface area (Å²) in [5.41, 5.74) is 0. The van der Waals surface area contributed by atoms with Gasteiger partial charge >= 0.3 is 0 Å². The normalized spacial score (nSPS) is 20.5. The van der Waals surface area contributed by atoms with Crippen molar-refractivity contribution in [2.75, 3.05) is 39.3 Å². The van der Waals surface area contributed by atoms with Crippen LogP contribution in [0.3, 0.4) is 0 Å². The second-order valence-corrected chi connectivity index (χ2v) is 5.00. The Kier molecular flexibility index (Phi) is 7.21. The molecule has 1 saturated heterocycles. The molecule has 1 aliphatic heterocycles. The summed E-state index contributed by atoms with van der Waals surface area (Å²) in [7, 11) is 0. The van der Waals surface area contributed by atoms with Gasteiger partial charge in [0, 0.05) is 26.6 Å². The summed E-state index contributed by atoms with van der Waals surface area (Å²) >= 11 is 0. The fourth-order valence-electron chi connectivity index (χ4n) is 2.45. The van der Waals surface area contributed by atoms with Crippen molar-refractivity contribution >= 4 is 5.91 Å². The van der Waals surface area contributed by atoms with Crippen LogP contribution in [-0.2, 0) is 4.79 Å². The van der Waals surface area contributed by atoms with Crippen molar-refractivity contribution in [2.45, 2.75) is 33.1 Å². The van der Waals surface area contributed by atoms with E-state index in [9.17, 15) is 4.79 Å². The van der Waals surface area contributed by atoms with Crippen molar-refractivity contribution in [2.24, 2.45) is 5.92 Å². The van der Waals surface area contributed by atoms with Gasteiger partial charge in [-0.2, -0.15) is 0 Å². The van der Waals surface area contributed by atoms with E-state index in [1.807, 2.05) is 0 Å². The molecule has 4 nitrogen and oxygen atoms in total. The topological polar surface area (TPSA) is 44.4 Å². The van der Waals surface area contributed by atoms with E-state index in [0.717, 1.165) is 32.1 Å². The van der Waals surface area contributed by atoms with Crippen molar-refractivity contribution in [3.05, 3.63) is 0 Å². The second kappa shape index (κ2) is 8.48. The van der Waals surface area contributed by atoms with Crippen LogP contribution < -0.4 is 10.6 Å². The lowest BCUT2D eigenvalue weighted by Gasteiger charge is -2.30. The molecule has 4 heteroatoms. The van der Waals surface area contributed by atoms with Gasteiger partial charge in [-0.1, -0.05) is 6.92 Å². The molecular weight excluding hydrogens is 214 g/mol. The van der Waals surface area contributed by atoms with Crippen LogP contribution in [0.4, 0.5) is 0 Å². The minimum absolute atomic E-state index is 0.0702. The maximum Gasteiger partial charge on any atom is 0.216 e. The van der Waals surface area contributed by atoms with Gasteiger partial charge in [0.1, 0.15) is 0 Å². The number of hydrogen-bond donors (Lipinski definition) is 2. The predicted octanol–water partition coefficient (Wildman–Crippen LogP) is 0.834. The molecule has 2 N–H and O–H groups in total. The monoisotopic (exact) mass is 241 g/mol. The Bertz CT molecular complexity index is 215. The first-order valence-corrected chi connectivity index (χ1v) is 6.90. The number of hydrogen-bond acceptors (Lipinski definition) is 3. The van der Waals surface area contributed by atoms with E-state index in [1.165, 1.54) is 32.4 Å². The zero-order valence-corrected chi connectivity index (χ0v) is 11.3. The van der Waals surface area contributed by atoms with Gasteiger partial charge in [-0.05, 0) is 44.8 Å². The second-order valence-electron chi connectivity index (χ2n) is 5.00. The molecule has 0 saturated carbocycles. The predicted molar refractivity (Wildman–Crippen MR) is 71.0 cm³/mol. The lowest BCUT2D eigenvalue weighted by atomic mass is 9.99. The number of carbonyl (C=O) groups excluding carboxylic acids is 1. The summed E-state index contributed by atoms with van der Waals surface area (Å²) in [5.74, 6) is 0.855. The van der Waals surface area contributed by atoms with Gasteiger partial charge in [-0.15, -0.1) is 0 Å². The highest BCUT2D eigenvalue weighted by Crippen LogP contribution is 2.11. The van der Waals surface area contributed by atoms with Crippen molar-refractivity contribution in [1.29, 1.82) is 0 Å². The average Bonchev–Trinajstić information content (AvgIpc) is 2.30. The Morgan fingerprint density at radius 1 is 1.47 bits per heavy atom. The molecule has 1 aliphatic rings. The first-order valence-electron chi connectivity index (χ1n) is 6.90. The van der Waals surface area contributed by atoms with Crippen LogP contribution in [0.25, 0.3) is 0 Å². The fourth-order valence-corrected chi connectivity index (χ4v) is 2.45. The van der Waals surface area contributed by atoms with Gasteiger partial charge in [0.25, 0.3) is 0 Å². The summed E-state index contributed by atoms with van der Waals surface area (Å²) < 4.78 is 0. The Morgan fingerprint density at radius 2 is 2.29 bits per heavy atom. The molecule has 100 valence electrons. The fraction of sp³-hybridized carbons (Fsp3) is 0.923. The highest BCUT2D eigenvalue weighted by Gasteiger charge is 2.16. The highest BCUT2D eigenvalue weighted by atomic mass is 16.1. The molecule has 0 aromatic rings. The van der Waals surface area contributed by atoms with Crippen molar-refractivity contribution in [3.8, 4) is 0 Å². The molecular formula is C13H27N3O. The standard InChI is InChI=1S/C13H27N3O/c1-3-8-16(9-7-15-12(2)17)11-13-5-4-6-14-10-13/h13-14H,3-11H2,1-2H3,(H,15,17). The largest absolute Gasteiger partial charge is 0.355 e. The van der Waals surface area contributed by atoms with Gasteiger partial charge in [0.15, 0.2) is 0 Å². The third-order valence-corrected chi connectivity index (χ3v) is 3.26. The van der Waals surface area contributed by atoms with E-state index in [2.05, 4.69) is 22.5 Å². The summed E-state index contributed by atoms with van der Waals surface area (Å²) in [6.45, 7) is 10.2. The van der Waals surface area contributed by atoms with E-state index < -0.39 is 0 Å². The van der Waals surface area contributed by atoms with Crippen LogP contribution in [0.15, 0.2) is 0 Å². The van der Waals surface area contributed by atoms with Crippen molar-refractivity contribution in [3.63, 3.8) is 0 Å². The van der Waals surface area contributed by atoms with Crippen LogP contribution >= 0.6 is 0 Å². The maximum absolute atomic E-state index is 10.8. The Labute approximate surface area is 105 Å². The van der Waals surface area contributed by atoms with Gasteiger partial charge < -0.3 is 15.5 Å². The zero-order chi connectivity index (χ0) is 12.5. The number of nitrogens with one attached hydrogen (secondary N) is 2. The van der Waals surface area contributed by atoms with E-state index in [-0.39, 0.29) is 5.91 Å². The Morgan fingerprint density at radius 3 is 2.88 bits per heavy atom. The molecule has 0 spiro atoms. The van der Waals surface area contributed by atoms with E-state index in [0.29, 0.717) is 0 Å². The third kappa shape index (κ3) is 6.64. The lowest BCUT2D eigenvalue weighted by Crippen LogP contribution is -2.41. The number of rotatable bonds is 7. The highest BCUT2D eigenvalue weighted by molar-refractivity contribution is 5.72. The molecule has 1 atom stereocenters. The van der Waals surface area contributed by atoms with E-state index >= 15 is 0 Å². The van der Waals surface area contributed by atoms with Crippen LogP contribution in [0.1, 0.15) is 33.1 Å².